The highest BCUT2D eigenvalue weighted by Crippen LogP contribution is 2.58. The molecule has 1 saturated carbocycles. The molecule has 0 aliphatic heterocycles. The first-order valence-electron chi connectivity index (χ1n) is 5.74. The van der Waals surface area contributed by atoms with E-state index in [-0.39, 0.29) is 5.69 Å². The number of nitrogens with one attached hydrogen (secondary N) is 1. The second-order valence-electron chi connectivity index (χ2n) is 5.23. The molecule has 0 aromatic heterocycles. The summed E-state index contributed by atoms with van der Waals surface area (Å²) in [6, 6.07) is 4.19. The SMILES string of the molecule is CC1(C)C(C(=O)O)C1C(=O)Nc1cc(Br)ccc1F. The van der Waals surface area contributed by atoms with Crippen LogP contribution in [0.15, 0.2) is 22.7 Å². The van der Waals surface area contributed by atoms with Gasteiger partial charge in [0.05, 0.1) is 17.5 Å². The van der Waals surface area contributed by atoms with Crippen LogP contribution in [0, 0.1) is 23.1 Å². The molecule has 1 amide bonds. The number of aliphatic carboxylic acids is 1. The lowest BCUT2D eigenvalue weighted by Gasteiger charge is -2.07. The Balaban J connectivity index is 2.15. The highest BCUT2D eigenvalue weighted by atomic mass is 79.9. The molecule has 0 bridgehead atoms. The maximum absolute atomic E-state index is 13.5. The van der Waals surface area contributed by atoms with Crippen LogP contribution in [0.4, 0.5) is 10.1 Å². The standard InChI is InChI=1S/C13H13BrFNO3/c1-13(2)9(10(13)12(18)19)11(17)16-8-5-6(14)3-4-7(8)15/h3-5,9-10H,1-2H3,(H,16,17)(H,18,19). The van der Waals surface area contributed by atoms with Crippen LogP contribution in [0.1, 0.15) is 13.8 Å². The van der Waals surface area contributed by atoms with Crippen LogP contribution < -0.4 is 5.32 Å². The summed E-state index contributed by atoms with van der Waals surface area (Å²) in [4.78, 5) is 23.0. The van der Waals surface area contributed by atoms with Gasteiger partial charge in [0.2, 0.25) is 5.91 Å². The lowest BCUT2D eigenvalue weighted by atomic mass is 10.1. The van der Waals surface area contributed by atoms with Gasteiger partial charge in [-0.1, -0.05) is 29.8 Å². The molecule has 2 N–H and O–H groups in total. The number of anilines is 1. The van der Waals surface area contributed by atoms with Crippen molar-refractivity contribution in [3.05, 3.63) is 28.5 Å². The summed E-state index contributed by atoms with van der Waals surface area (Å²) in [7, 11) is 0. The van der Waals surface area contributed by atoms with E-state index in [1.807, 2.05) is 0 Å². The molecule has 102 valence electrons. The molecule has 1 fully saturated rings. The van der Waals surface area contributed by atoms with Gasteiger partial charge in [0.1, 0.15) is 5.82 Å². The van der Waals surface area contributed by atoms with Gasteiger partial charge in [0.15, 0.2) is 0 Å². The number of halogens is 2. The van der Waals surface area contributed by atoms with E-state index in [1.54, 1.807) is 13.8 Å². The molecule has 2 atom stereocenters. The Kier molecular flexibility index (Phi) is 3.38. The highest BCUT2D eigenvalue weighted by Gasteiger charge is 2.65. The van der Waals surface area contributed by atoms with Gasteiger partial charge in [-0.3, -0.25) is 9.59 Å². The van der Waals surface area contributed by atoms with E-state index < -0.39 is 34.9 Å². The Bertz CT molecular complexity index is 559. The zero-order valence-electron chi connectivity index (χ0n) is 10.4. The minimum atomic E-state index is -1.00. The van der Waals surface area contributed by atoms with Crippen molar-refractivity contribution in [1.29, 1.82) is 0 Å². The summed E-state index contributed by atoms with van der Waals surface area (Å²) in [5, 5.41) is 11.5. The van der Waals surface area contributed by atoms with Crippen LogP contribution in [-0.2, 0) is 9.59 Å². The van der Waals surface area contributed by atoms with E-state index >= 15 is 0 Å². The summed E-state index contributed by atoms with van der Waals surface area (Å²) in [6.45, 7) is 3.43. The monoisotopic (exact) mass is 329 g/mol. The molecule has 6 heteroatoms. The molecule has 0 heterocycles. The molecule has 2 unspecified atom stereocenters. The fourth-order valence-electron chi connectivity index (χ4n) is 2.39. The highest BCUT2D eigenvalue weighted by molar-refractivity contribution is 9.10. The second-order valence-corrected chi connectivity index (χ2v) is 6.14. The molecule has 2 rings (SSSR count). The molecule has 0 radical (unpaired) electrons. The first kappa shape index (κ1) is 14.0. The van der Waals surface area contributed by atoms with Crippen LogP contribution in [-0.4, -0.2) is 17.0 Å². The van der Waals surface area contributed by atoms with Gasteiger partial charge < -0.3 is 10.4 Å². The van der Waals surface area contributed by atoms with E-state index in [0.29, 0.717) is 4.47 Å². The topological polar surface area (TPSA) is 66.4 Å². The number of hydrogen-bond donors (Lipinski definition) is 2. The summed E-state index contributed by atoms with van der Waals surface area (Å²) in [5.41, 5.74) is -0.551. The molecule has 1 aliphatic rings. The summed E-state index contributed by atoms with van der Waals surface area (Å²) < 4.78 is 14.1. The molecule has 4 nitrogen and oxygen atoms in total. The van der Waals surface area contributed by atoms with Crippen molar-refractivity contribution in [1.82, 2.24) is 0 Å². The normalized spacial score (nSPS) is 23.8. The molecule has 19 heavy (non-hydrogen) atoms. The zero-order valence-corrected chi connectivity index (χ0v) is 12.0. The predicted octanol–water partition coefficient (Wildman–Crippen LogP) is 2.88. The number of hydrogen-bond acceptors (Lipinski definition) is 2. The molecular formula is C13H13BrFNO3. The van der Waals surface area contributed by atoms with Gasteiger partial charge in [-0.25, -0.2) is 4.39 Å². The summed E-state index contributed by atoms with van der Waals surface area (Å²) >= 11 is 3.18. The van der Waals surface area contributed by atoms with E-state index in [4.69, 9.17) is 5.11 Å². The average molecular weight is 330 g/mol. The average Bonchev–Trinajstić information content (AvgIpc) is 2.87. The van der Waals surface area contributed by atoms with Crippen LogP contribution in [0.25, 0.3) is 0 Å². The second kappa shape index (κ2) is 4.59. The maximum atomic E-state index is 13.5. The van der Waals surface area contributed by atoms with Crippen LogP contribution >= 0.6 is 15.9 Å². The Labute approximate surface area is 118 Å². The Morgan fingerprint density at radius 1 is 1.37 bits per heavy atom. The van der Waals surface area contributed by atoms with Crippen molar-refractivity contribution >= 4 is 33.5 Å². The number of carbonyl (C=O) groups excluding carboxylic acids is 1. The Hall–Kier alpha value is -1.43. The van der Waals surface area contributed by atoms with Gasteiger partial charge in [-0.05, 0) is 23.6 Å². The lowest BCUT2D eigenvalue weighted by molar-refractivity contribution is -0.140. The predicted molar refractivity (Wildman–Crippen MR) is 71.1 cm³/mol. The minimum absolute atomic E-state index is 0.0474. The molecule has 1 aromatic rings. The number of benzene rings is 1. The van der Waals surface area contributed by atoms with Gasteiger partial charge in [0.25, 0.3) is 0 Å². The summed E-state index contributed by atoms with van der Waals surface area (Å²) in [5.74, 6) is -3.37. The van der Waals surface area contributed by atoms with E-state index in [2.05, 4.69) is 21.2 Å². The molecule has 0 spiro atoms. The Morgan fingerprint density at radius 2 is 2.00 bits per heavy atom. The van der Waals surface area contributed by atoms with Crippen molar-refractivity contribution in [3.8, 4) is 0 Å². The summed E-state index contributed by atoms with van der Waals surface area (Å²) in [6.07, 6.45) is 0. The van der Waals surface area contributed by atoms with Crippen molar-refractivity contribution in [3.63, 3.8) is 0 Å². The van der Waals surface area contributed by atoms with Crippen molar-refractivity contribution in [2.45, 2.75) is 13.8 Å². The van der Waals surface area contributed by atoms with Crippen molar-refractivity contribution in [2.24, 2.45) is 17.3 Å². The third kappa shape index (κ3) is 2.49. The molecular weight excluding hydrogens is 317 g/mol. The van der Waals surface area contributed by atoms with E-state index in [9.17, 15) is 14.0 Å². The third-order valence-electron chi connectivity index (χ3n) is 3.56. The first-order valence-corrected chi connectivity index (χ1v) is 6.53. The van der Waals surface area contributed by atoms with E-state index in [0.717, 1.165) is 0 Å². The van der Waals surface area contributed by atoms with E-state index in [1.165, 1.54) is 18.2 Å². The van der Waals surface area contributed by atoms with Gasteiger partial charge in [-0.15, -0.1) is 0 Å². The number of rotatable bonds is 3. The number of carboxylic acid groups (broad SMARTS) is 1. The molecule has 0 saturated heterocycles. The van der Waals surface area contributed by atoms with Gasteiger partial charge in [-0.2, -0.15) is 0 Å². The first-order chi connectivity index (χ1) is 8.75. The third-order valence-corrected chi connectivity index (χ3v) is 4.06. The van der Waals surface area contributed by atoms with Crippen molar-refractivity contribution < 1.29 is 19.1 Å². The van der Waals surface area contributed by atoms with Gasteiger partial charge in [0, 0.05) is 4.47 Å². The quantitative estimate of drug-likeness (QED) is 0.896. The van der Waals surface area contributed by atoms with Crippen LogP contribution in [0.3, 0.4) is 0 Å². The molecule has 1 aliphatic carbocycles. The maximum Gasteiger partial charge on any atom is 0.307 e. The fourth-order valence-corrected chi connectivity index (χ4v) is 2.75. The fraction of sp³-hybridized carbons (Fsp3) is 0.385. The number of amides is 1. The van der Waals surface area contributed by atoms with Crippen LogP contribution in [0.2, 0.25) is 0 Å². The minimum Gasteiger partial charge on any atom is -0.481 e. The van der Waals surface area contributed by atoms with Crippen LogP contribution in [0.5, 0.6) is 0 Å². The Morgan fingerprint density at radius 3 is 2.53 bits per heavy atom. The van der Waals surface area contributed by atoms with Gasteiger partial charge >= 0.3 is 5.97 Å². The molecule has 1 aromatic carbocycles. The lowest BCUT2D eigenvalue weighted by Crippen LogP contribution is -2.18. The zero-order chi connectivity index (χ0) is 14.4. The number of carboxylic acids is 1. The van der Waals surface area contributed by atoms with Crippen molar-refractivity contribution in [2.75, 3.05) is 5.32 Å². The smallest absolute Gasteiger partial charge is 0.307 e. The number of carbonyl (C=O) groups is 2. The largest absolute Gasteiger partial charge is 0.481 e.